The van der Waals surface area contributed by atoms with Gasteiger partial charge in [-0.15, -0.1) is 6.42 Å². The first kappa shape index (κ1) is 23.7. The van der Waals surface area contributed by atoms with Gasteiger partial charge in [0.15, 0.2) is 11.5 Å². The highest BCUT2D eigenvalue weighted by atomic mass is 16.7. The summed E-state index contributed by atoms with van der Waals surface area (Å²) in [7, 11) is 0. The summed E-state index contributed by atoms with van der Waals surface area (Å²) in [6.45, 7) is 6.68. The second-order valence-electron chi connectivity index (χ2n) is 11.0. The second-order valence-corrected chi connectivity index (χ2v) is 11.0. The summed E-state index contributed by atoms with van der Waals surface area (Å²) >= 11 is 0. The summed E-state index contributed by atoms with van der Waals surface area (Å²) in [6.07, 6.45) is 13.3. The number of hydrogen-bond donors (Lipinski definition) is 0. The molecule has 0 atom stereocenters. The molecule has 3 aromatic rings. The maximum absolute atomic E-state index is 5.61. The summed E-state index contributed by atoms with van der Waals surface area (Å²) in [5.41, 5.74) is 10.5. The third-order valence-electron chi connectivity index (χ3n) is 8.71. The predicted molar refractivity (Wildman–Crippen MR) is 155 cm³/mol. The molecule has 4 aliphatic rings. The van der Waals surface area contributed by atoms with E-state index in [1.54, 1.807) is 6.33 Å². The maximum atomic E-state index is 5.61. The lowest BCUT2D eigenvalue weighted by atomic mass is 9.74. The molecule has 1 saturated heterocycles. The molecule has 194 valence electrons. The van der Waals surface area contributed by atoms with E-state index in [-0.39, 0.29) is 5.41 Å². The summed E-state index contributed by atoms with van der Waals surface area (Å²) in [6, 6.07) is 14.4. The highest BCUT2D eigenvalue weighted by Crippen LogP contribution is 2.44. The van der Waals surface area contributed by atoms with Crippen molar-refractivity contribution in [2.45, 2.75) is 39.5 Å². The third kappa shape index (κ3) is 4.10. The van der Waals surface area contributed by atoms with Gasteiger partial charge in [-0.2, -0.15) is 0 Å². The smallest absolute Gasteiger partial charge is 0.231 e. The van der Waals surface area contributed by atoms with Crippen LogP contribution in [0.15, 0.2) is 59.5 Å². The number of hydrogen-bond acceptors (Lipinski definition) is 6. The zero-order chi connectivity index (χ0) is 26.6. The van der Waals surface area contributed by atoms with Crippen molar-refractivity contribution in [2.24, 2.45) is 10.4 Å². The summed E-state index contributed by atoms with van der Waals surface area (Å²) in [5, 5.41) is 0. The fraction of sp³-hybridized carbons (Fsp3) is 0.303. The van der Waals surface area contributed by atoms with Crippen molar-refractivity contribution in [2.75, 3.05) is 24.8 Å². The minimum atomic E-state index is 0.0613. The maximum Gasteiger partial charge on any atom is 0.231 e. The fourth-order valence-electron chi connectivity index (χ4n) is 6.18. The number of aromatic nitrogens is 2. The van der Waals surface area contributed by atoms with Crippen LogP contribution in [-0.4, -0.2) is 35.6 Å². The summed E-state index contributed by atoms with van der Waals surface area (Å²) in [4.78, 5) is 16.9. The predicted octanol–water partition coefficient (Wildman–Crippen LogP) is 6.17. The average Bonchev–Trinajstić information content (AvgIpc) is 3.71. The van der Waals surface area contributed by atoms with Crippen molar-refractivity contribution >= 4 is 28.8 Å². The molecule has 4 heterocycles. The van der Waals surface area contributed by atoms with E-state index in [9.17, 15) is 0 Å². The lowest BCUT2D eigenvalue weighted by molar-refractivity contribution is 0.174. The molecule has 1 aromatic heterocycles. The van der Waals surface area contributed by atoms with Gasteiger partial charge < -0.3 is 14.4 Å². The Balaban J connectivity index is 1.06. The molecule has 0 amide bonds. The van der Waals surface area contributed by atoms with Crippen molar-refractivity contribution in [1.29, 1.82) is 0 Å². The monoisotopic (exact) mass is 514 g/mol. The van der Waals surface area contributed by atoms with E-state index < -0.39 is 0 Å². The van der Waals surface area contributed by atoms with Gasteiger partial charge in [0, 0.05) is 53.9 Å². The van der Waals surface area contributed by atoms with Crippen LogP contribution in [-0.2, 0) is 6.42 Å². The number of allylic oxidation sites excluding steroid dienone is 3. The van der Waals surface area contributed by atoms with E-state index in [4.69, 9.17) is 25.9 Å². The Morgan fingerprint density at radius 3 is 2.51 bits per heavy atom. The van der Waals surface area contributed by atoms with Crippen LogP contribution < -0.4 is 14.4 Å². The molecule has 0 saturated carbocycles. The van der Waals surface area contributed by atoms with Gasteiger partial charge in [-0.3, -0.25) is 4.99 Å². The zero-order valence-corrected chi connectivity index (χ0v) is 22.3. The minimum Gasteiger partial charge on any atom is -0.454 e. The van der Waals surface area contributed by atoms with E-state index >= 15 is 0 Å². The van der Waals surface area contributed by atoms with Crippen LogP contribution in [0.25, 0.3) is 17.2 Å². The SMILES string of the molecule is C#Cc1ccc(C2=Cc3c(ncnc3N3CCC(C)(C4=NC(C)=C(c5ccc6c(c5)OCO6)C4)CC3)C2)cc1. The van der Waals surface area contributed by atoms with Gasteiger partial charge >= 0.3 is 0 Å². The molecule has 6 nitrogen and oxygen atoms in total. The molecule has 1 aliphatic carbocycles. The van der Waals surface area contributed by atoms with E-state index in [2.05, 4.69) is 60.0 Å². The number of rotatable bonds is 4. The molecular formula is C33H30N4O2. The molecule has 0 bridgehead atoms. The first-order chi connectivity index (χ1) is 19.0. The standard InChI is InChI=1S/C33H30N4O2/c1-4-22-5-7-23(8-6-22)25-15-27-28(16-25)34-19-35-32(27)37-13-11-33(3,12-14-37)31-18-26(21(2)36-31)24-9-10-29-30(17-24)39-20-38-29/h1,5-10,15,17,19H,11-14,16,18,20H2,2-3H3. The molecule has 0 radical (unpaired) electrons. The molecular weight excluding hydrogens is 484 g/mol. The van der Waals surface area contributed by atoms with Crippen LogP contribution >= 0.6 is 0 Å². The molecule has 0 spiro atoms. The van der Waals surface area contributed by atoms with Crippen molar-refractivity contribution in [3.05, 3.63) is 82.4 Å². The minimum absolute atomic E-state index is 0.0613. The summed E-state index contributed by atoms with van der Waals surface area (Å²) in [5.74, 6) is 5.37. The van der Waals surface area contributed by atoms with Crippen LogP contribution in [0, 0.1) is 17.8 Å². The molecule has 7 rings (SSSR count). The topological polar surface area (TPSA) is 59.8 Å². The van der Waals surface area contributed by atoms with Gasteiger partial charge in [-0.1, -0.05) is 31.0 Å². The quantitative estimate of drug-likeness (QED) is 0.390. The number of nitrogens with zero attached hydrogens (tertiary/aromatic N) is 4. The Bertz CT molecular complexity index is 1620. The van der Waals surface area contributed by atoms with Gasteiger partial charge in [0.2, 0.25) is 6.79 Å². The third-order valence-corrected chi connectivity index (χ3v) is 8.71. The lowest BCUT2D eigenvalue weighted by Gasteiger charge is -2.40. The van der Waals surface area contributed by atoms with E-state index in [1.807, 2.05) is 18.2 Å². The van der Waals surface area contributed by atoms with Crippen LogP contribution in [0.3, 0.4) is 0 Å². The Labute approximate surface area is 229 Å². The Morgan fingerprint density at radius 1 is 0.949 bits per heavy atom. The van der Waals surface area contributed by atoms with Crippen molar-refractivity contribution in [1.82, 2.24) is 9.97 Å². The van der Waals surface area contributed by atoms with Gasteiger partial charge in [0.05, 0.1) is 5.69 Å². The van der Waals surface area contributed by atoms with Gasteiger partial charge in [-0.25, -0.2) is 9.97 Å². The summed E-state index contributed by atoms with van der Waals surface area (Å²) < 4.78 is 11.1. The molecule has 0 unspecified atom stereocenters. The Hall–Kier alpha value is -4.37. The molecule has 3 aliphatic heterocycles. The van der Waals surface area contributed by atoms with Gasteiger partial charge in [0.1, 0.15) is 12.1 Å². The zero-order valence-electron chi connectivity index (χ0n) is 22.3. The molecule has 6 heteroatoms. The number of piperidine rings is 1. The molecule has 39 heavy (non-hydrogen) atoms. The first-order valence-corrected chi connectivity index (χ1v) is 13.5. The van der Waals surface area contributed by atoms with E-state index in [1.165, 1.54) is 28.0 Å². The number of terminal acetylenes is 1. The molecule has 1 fully saturated rings. The molecule has 2 aromatic carbocycles. The highest BCUT2D eigenvalue weighted by molar-refractivity contribution is 6.03. The Morgan fingerprint density at radius 2 is 1.72 bits per heavy atom. The van der Waals surface area contributed by atoms with Gasteiger partial charge in [-0.05, 0) is 72.4 Å². The fourth-order valence-corrected chi connectivity index (χ4v) is 6.18. The lowest BCUT2D eigenvalue weighted by Crippen LogP contribution is -2.43. The number of ether oxygens (including phenoxy) is 2. The van der Waals surface area contributed by atoms with Crippen molar-refractivity contribution in [3.8, 4) is 23.8 Å². The van der Waals surface area contributed by atoms with Crippen LogP contribution in [0.2, 0.25) is 0 Å². The number of aliphatic imine (C=N–C) groups is 1. The highest BCUT2D eigenvalue weighted by Gasteiger charge is 2.38. The normalized spacial score (nSPS) is 19.1. The Kier molecular flexibility index (Phi) is 5.55. The van der Waals surface area contributed by atoms with Crippen LogP contribution in [0.1, 0.15) is 61.1 Å². The van der Waals surface area contributed by atoms with Crippen LogP contribution in [0.4, 0.5) is 5.82 Å². The first-order valence-electron chi connectivity index (χ1n) is 13.5. The van der Waals surface area contributed by atoms with Gasteiger partial charge in [0.25, 0.3) is 0 Å². The van der Waals surface area contributed by atoms with Crippen molar-refractivity contribution in [3.63, 3.8) is 0 Å². The second kappa shape index (κ2) is 9.13. The molecule has 0 N–H and O–H groups in total. The average molecular weight is 515 g/mol. The van der Waals surface area contributed by atoms with Crippen LogP contribution in [0.5, 0.6) is 11.5 Å². The van der Waals surface area contributed by atoms with E-state index in [0.29, 0.717) is 6.79 Å². The number of benzene rings is 2. The largest absolute Gasteiger partial charge is 0.454 e. The number of anilines is 1. The number of fused-ring (bicyclic) bond motifs is 2. The van der Waals surface area contributed by atoms with E-state index in [0.717, 1.165) is 78.6 Å². The van der Waals surface area contributed by atoms with Crippen molar-refractivity contribution < 1.29 is 9.47 Å².